The molecule has 0 saturated carbocycles. The van der Waals surface area contributed by atoms with E-state index in [0.717, 1.165) is 32.6 Å². The molecule has 0 aromatic heterocycles. The molecule has 3 nitrogen and oxygen atoms in total. The maximum Gasteiger partial charge on any atom is 0.0953 e. The van der Waals surface area contributed by atoms with E-state index < -0.39 is 0 Å². The van der Waals surface area contributed by atoms with Gasteiger partial charge in [-0.05, 0) is 18.4 Å². The van der Waals surface area contributed by atoms with Gasteiger partial charge >= 0.3 is 0 Å². The molecular formula is C16H25NO2. The van der Waals surface area contributed by atoms with Crippen LogP contribution in [-0.4, -0.2) is 31.9 Å². The molecule has 106 valence electrons. The van der Waals surface area contributed by atoms with Crippen LogP contribution in [0.4, 0.5) is 0 Å². The molecule has 3 heteroatoms. The Labute approximate surface area is 116 Å². The third kappa shape index (κ3) is 4.94. The molecule has 2 rings (SSSR count). The summed E-state index contributed by atoms with van der Waals surface area (Å²) in [6.45, 7) is 6.83. The largest absolute Gasteiger partial charge is 0.381 e. The molecule has 0 aliphatic carbocycles. The Kier molecular flexibility index (Phi) is 5.83. The van der Waals surface area contributed by atoms with Crippen molar-refractivity contribution < 1.29 is 9.47 Å². The van der Waals surface area contributed by atoms with Gasteiger partial charge in [-0.3, -0.25) is 0 Å². The summed E-state index contributed by atoms with van der Waals surface area (Å²) in [6.07, 6.45) is 2.47. The summed E-state index contributed by atoms with van der Waals surface area (Å²) >= 11 is 0. The first kappa shape index (κ1) is 14.5. The smallest absolute Gasteiger partial charge is 0.0953 e. The fourth-order valence-corrected chi connectivity index (χ4v) is 2.30. The highest BCUT2D eigenvalue weighted by molar-refractivity contribution is 5.18. The third-order valence-electron chi connectivity index (χ3n) is 3.41. The zero-order chi connectivity index (χ0) is 13.5. The van der Waals surface area contributed by atoms with Crippen molar-refractivity contribution in [3.63, 3.8) is 0 Å². The van der Waals surface area contributed by atoms with E-state index in [9.17, 15) is 0 Å². The van der Waals surface area contributed by atoms with Gasteiger partial charge in [-0.2, -0.15) is 0 Å². The molecule has 0 bridgehead atoms. The molecule has 0 amide bonds. The van der Waals surface area contributed by atoms with E-state index >= 15 is 0 Å². The second-order valence-corrected chi connectivity index (χ2v) is 5.41. The Bertz CT molecular complexity index is 347. The van der Waals surface area contributed by atoms with Gasteiger partial charge in [0.25, 0.3) is 0 Å². The van der Waals surface area contributed by atoms with Crippen molar-refractivity contribution >= 4 is 0 Å². The normalized spacial score (nSPS) is 18.7. The van der Waals surface area contributed by atoms with Gasteiger partial charge in [0, 0.05) is 25.8 Å². The predicted molar refractivity (Wildman–Crippen MR) is 77.2 cm³/mol. The Morgan fingerprint density at radius 3 is 2.53 bits per heavy atom. The zero-order valence-corrected chi connectivity index (χ0v) is 12.0. The van der Waals surface area contributed by atoms with Gasteiger partial charge in [-0.15, -0.1) is 0 Å². The Morgan fingerprint density at radius 2 is 1.89 bits per heavy atom. The average Bonchev–Trinajstić information content (AvgIpc) is 2.45. The molecule has 1 aliphatic heterocycles. The van der Waals surface area contributed by atoms with E-state index in [0.29, 0.717) is 12.1 Å². The van der Waals surface area contributed by atoms with Crippen molar-refractivity contribution in [3.05, 3.63) is 35.9 Å². The second-order valence-electron chi connectivity index (χ2n) is 5.41. The molecule has 1 saturated heterocycles. The van der Waals surface area contributed by atoms with Gasteiger partial charge in [-0.1, -0.05) is 44.2 Å². The van der Waals surface area contributed by atoms with Crippen LogP contribution in [0.25, 0.3) is 0 Å². The van der Waals surface area contributed by atoms with Crippen LogP contribution in [-0.2, 0) is 9.47 Å². The van der Waals surface area contributed by atoms with Gasteiger partial charge in [0.1, 0.15) is 0 Å². The molecule has 1 fully saturated rings. The molecule has 1 unspecified atom stereocenters. The molecule has 1 aliphatic rings. The first-order chi connectivity index (χ1) is 9.25. The van der Waals surface area contributed by atoms with Crippen molar-refractivity contribution in [1.29, 1.82) is 0 Å². The molecule has 0 radical (unpaired) electrons. The summed E-state index contributed by atoms with van der Waals surface area (Å²) in [5.41, 5.74) is 1.25. The summed E-state index contributed by atoms with van der Waals surface area (Å²) in [5.74, 6) is 0. The maximum atomic E-state index is 6.29. The van der Waals surface area contributed by atoms with Crippen LogP contribution >= 0.6 is 0 Å². The van der Waals surface area contributed by atoms with Crippen LogP contribution in [0.5, 0.6) is 0 Å². The SMILES string of the molecule is CC(C)NCC(OC1CCOCC1)c1ccccc1. The molecule has 1 N–H and O–H groups in total. The summed E-state index contributed by atoms with van der Waals surface area (Å²) in [5, 5.41) is 3.48. The van der Waals surface area contributed by atoms with Crippen LogP contribution in [0, 0.1) is 0 Å². The van der Waals surface area contributed by atoms with Gasteiger partial charge in [0.05, 0.1) is 12.2 Å². The van der Waals surface area contributed by atoms with Crippen molar-refractivity contribution in [1.82, 2.24) is 5.32 Å². The molecule has 19 heavy (non-hydrogen) atoms. The van der Waals surface area contributed by atoms with Gasteiger partial charge in [0.15, 0.2) is 0 Å². The standard InChI is InChI=1S/C16H25NO2/c1-13(2)17-12-16(14-6-4-3-5-7-14)19-15-8-10-18-11-9-15/h3-7,13,15-17H,8-12H2,1-2H3. The number of rotatable bonds is 6. The number of nitrogens with one attached hydrogen (secondary N) is 1. The topological polar surface area (TPSA) is 30.5 Å². The van der Waals surface area contributed by atoms with Crippen LogP contribution in [0.3, 0.4) is 0 Å². The predicted octanol–water partition coefficient (Wildman–Crippen LogP) is 2.92. The molecule has 1 heterocycles. The van der Waals surface area contributed by atoms with E-state index in [-0.39, 0.29) is 6.10 Å². The lowest BCUT2D eigenvalue weighted by Gasteiger charge is -2.28. The monoisotopic (exact) mass is 263 g/mol. The van der Waals surface area contributed by atoms with Gasteiger partial charge in [0.2, 0.25) is 0 Å². The lowest BCUT2D eigenvalue weighted by molar-refractivity contribution is -0.0693. The minimum atomic E-state index is 0.131. The van der Waals surface area contributed by atoms with Crippen molar-refractivity contribution in [2.24, 2.45) is 0 Å². The molecule has 1 aromatic rings. The minimum Gasteiger partial charge on any atom is -0.381 e. The Balaban J connectivity index is 1.96. The average molecular weight is 263 g/mol. The summed E-state index contributed by atoms with van der Waals surface area (Å²) in [6, 6.07) is 11.0. The van der Waals surface area contributed by atoms with E-state index in [4.69, 9.17) is 9.47 Å². The summed E-state index contributed by atoms with van der Waals surface area (Å²) in [4.78, 5) is 0. The first-order valence-electron chi connectivity index (χ1n) is 7.27. The Hall–Kier alpha value is -0.900. The van der Waals surface area contributed by atoms with E-state index in [2.05, 4.69) is 43.4 Å². The zero-order valence-electron chi connectivity index (χ0n) is 12.0. The van der Waals surface area contributed by atoms with Crippen molar-refractivity contribution in [2.45, 2.75) is 44.9 Å². The van der Waals surface area contributed by atoms with E-state index in [1.807, 2.05) is 6.07 Å². The molecule has 1 aromatic carbocycles. The lowest BCUT2D eigenvalue weighted by Crippen LogP contribution is -2.33. The molecule has 1 atom stereocenters. The highest BCUT2D eigenvalue weighted by atomic mass is 16.5. The minimum absolute atomic E-state index is 0.131. The second kappa shape index (κ2) is 7.63. The van der Waals surface area contributed by atoms with E-state index in [1.54, 1.807) is 0 Å². The van der Waals surface area contributed by atoms with Crippen LogP contribution < -0.4 is 5.32 Å². The maximum absolute atomic E-state index is 6.29. The van der Waals surface area contributed by atoms with Crippen molar-refractivity contribution in [2.75, 3.05) is 19.8 Å². The number of benzene rings is 1. The number of hydrogen-bond donors (Lipinski definition) is 1. The van der Waals surface area contributed by atoms with Crippen molar-refractivity contribution in [3.8, 4) is 0 Å². The van der Waals surface area contributed by atoms with Crippen LogP contribution in [0.1, 0.15) is 38.4 Å². The lowest BCUT2D eigenvalue weighted by atomic mass is 10.1. The summed E-state index contributed by atoms with van der Waals surface area (Å²) < 4.78 is 11.7. The highest BCUT2D eigenvalue weighted by Gasteiger charge is 2.20. The summed E-state index contributed by atoms with van der Waals surface area (Å²) in [7, 11) is 0. The quantitative estimate of drug-likeness (QED) is 0.856. The third-order valence-corrected chi connectivity index (χ3v) is 3.41. The van der Waals surface area contributed by atoms with Crippen LogP contribution in [0.2, 0.25) is 0 Å². The first-order valence-corrected chi connectivity index (χ1v) is 7.27. The molecule has 0 spiro atoms. The number of ether oxygens (including phenoxy) is 2. The van der Waals surface area contributed by atoms with Crippen LogP contribution in [0.15, 0.2) is 30.3 Å². The van der Waals surface area contributed by atoms with Gasteiger partial charge in [-0.25, -0.2) is 0 Å². The van der Waals surface area contributed by atoms with E-state index in [1.165, 1.54) is 5.56 Å². The molecular weight excluding hydrogens is 238 g/mol. The Morgan fingerprint density at radius 1 is 1.21 bits per heavy atom. The fraction of sp³-hybridized carbons (Fsp3) is 0.625. The highest BCUT2D eigenvalue weighted by Crippen LogP contribution is 2.22. The fourth-order valence-electron chi connectivity index (χ4n) is 2.30. The van der Waals surface area contributed by atoms with Gasteiger partial charge < -0.3 is 14.8 Å². The number of hydrogen-bond acceptors (Lipinski definition) is 3.